The zero-order chi connectivity index (χ0) is 21.0. The summed E-state index contributed by atoms with van der Waals surface area (Å²) in [7, 11) is 1.46. The number of nitrogens with one attached hydrogen (secondary N) is 2. The summed E-state index contributed by atoms with van der Waals surface area (Å²) in [5.74, 6) is -0.538. The zero-order valence-corrected chi connectivity index (χ0v) is 17.0. The van der Waals surface area contributed by atoms with E-state index in [0.717, 1.165) is 24.1 Å². The summed E-state index contributed by atoms with van der Waals surface area (Å²) in [6, 6.07) is 6.08. The van der Waals surface area contributed by atoms with Crippen molar-refractivity contribution in [1.82, 2.24) is 15.1 Å². The molecule has 7 nitrogen and oxygen atoms in total. The van der Waals surface area contributed by atoms with Crippen LogP contribution in [-0.2, 0) is 19.7 Å². The number of hydrogen-bond acceptors (Lipinski definition) is 4. The Morgan fingerprint density at radius 2 is 2.07 bits per heavy atom. The predicted octanol–water partition coefficient (Wildman–Crippen LogP) is 2.82. The SMILES string of the molecule is COCC(=O)Nc1cn[nH]c1[C@H]1CCCN(C(=O)C(C)(C)c2ccc(F)cc2)C1. The molecule has 2 amide bonds. The maximum absolute atomic E-state index is 13.3. The zero-order valence-electron chi connectivity index (χ0n) is 17.0. The van der Waals surface area contributed by atoms with Gasteiger partial charge in [0.1, 0.15) is 12.4 Å². The summed E-state index contributed by atoms with van der Waals surface area (Å²) in [5, 5.41) is 9.84. The fourth-order valence-electron chi connectivity index (χ4n) is 3.81. The van der Waals surface area contributed by atoms with Crippen molar-refractivity contribution in [1.29, 1.82) is 0 Å². The maximum atomic E-state index is 13.3. The van der Waals surface area contributed by atoms with E-state index in [2.05, 4.69) is 15.5 Å². The number of piperidine rings is 1. The van der Waals surface area contributed by atoms with E-state index in [4.69, 9.17) is 4.74 Å². The normalized spacial score (nSPS) is 17.2. The Morgan fingerprint density at radius 1 is 1.34 bits per heavy atom. The van der Waals surface area contributed by atoms with Gasteiger partial charge in [0.05, 0.1) is 23.0 Å². The van der Waals surface area contributed by atoms with E-state index < -0.39 is 5.41 Å². The first kappa shape index (κ1) is 21.0. The minimum atomic E-state index is -0.765. The van der Waals surface area contributed by atoms with Gasteiger partial charge >= 0.3 is 0 Å². The van der Waals surface area contributed by atoms with Crippen LogP contribution in [0.2, 0.25) is 0 Å². The van der Waals surface area contributed by atoms with Gasteiger partial charge in [-0.1, -0.05) is 12.1 Å². The Kier molecular flexibility index (Phi) is 6.32. The molecule has 0 bridgehead atoms. The smallest absolute Gasteiger partial charge is 0.250 e. The maximum Gasteiger partial charge on any atom is 0.250 e. The van der Waals surface area contributed by atoms with Gasteiger partial charge < -0.3 is 15.0 Å². The van der Waals surface area contributed by atoms with E-state index in [1.165, 1.54) is 19.2 Å². The Morgan fingerprint density at radius 3 is 2.76 bits per heavy atom. The van der Waals surface area contributed by atoms with Crippen LogP contribution >= 0.6 is 0 Å². The van der Waals surface area contributed by atoms with Gasteiger partial charge in [-0.05, 0) is 44.4 Å². The Balaban J connectivity index is 1.74. The fraction of sp³-hybridized carbons (Fsp3) is 0.476. The minimum Gasteiger partial charge on any atom is -0.375 e. The lowest BCUT2D eigenvalue weighted by atomic mass is 9.82. The summed E-state index contributed by atoms with van der Waals surface area (Å²) in [5.41, 5.74) is 1.44. The van der Waals surface area contributed by atoms with Gasteiger partial charge in [-0.25, -0.2) is 4.39 Å². The number of methoxy groups -OCH3 is 1. The number of benzene rings is 1. The van der Waals surface area contributed by atoms with E-state index in [-0.39, 0.29) is 30.2 Å². The monoisotopic (exact) mass is 402 g/mol. The van der Waals surface area contributed by atoms with Crippen molar-refractivity contribution in [3.05, 3.63) is 47.5 Å². The molecule has 1 aliphatic rings. The van der Waals surface area contributed by atoms with Crippen LogP contribution in [0.5, 0.6) is 0 Å². The number of H-pyrrole nitrogens is 1. The number of carbonyl (C=O) groups excluding carboxylic acids is 2. The number of amides is 2. The molecule has 1 aromatic carbocycles. The van der Waals surface area contributed by atoms with Crippen LogP contribution in [0, 0.1) is 5.82 Å². The highest BCUT2D eigenvalue weighted by Gasteiger charge is 2.37. The third kappa shape index (κ3) is 4.64. The number of hydrogen-bond donors (Lipinski definition) is 2. The van der Waals surface area contributed by atoms with Gasteiger partial charge in [0.15, 0.2) is 0 Å². The number of rotatable bonds is 6. The molecule has 0 aliphatic carbocycles. The van der Waals surface area contributed by atoms with Crippen LogP contribution in [0.25, 0.3) is 0 Å². The molecule has 2 N–H and O–H groups in total. The highest BCUT2D eigenvalue weighted by atomic mass is 19.1. The molecule has 1 saturated heterocycles. The Hall–Kier alpha value is -2.74. The van der Waals surface area contributed by atoms with Gasteiger partial charge in [-0.2, -0.15) is 5.10 Å². The highest BCUT2D eigenvalue weighted by Crippen LogP contribution is 2.33. The molecule has 0 radical (unpaired) electrons. The highest BCUT2D eigenvalue weighted by molar-refractivity contribution is 5.92. The van der Waals surface area contributed by atoms with Crippen LogP contribution < -0.4 is 5.32 Å². The summed E-state index contributed by atoms with van der Waals surface area (Å²) >= 11 is 0. The standard InChI is InChI=1S/C21H27FN4O3/c1-21(2,15-6-8-16(22)9-7-15)20(28)26-10-4-5-14(12-26)19-17(11-23-25-19)24-18(27)13-29-3/h6-9,11,14H,4-5,10,12-13H2,1-3H3,(H,23,25)(H,24,27)/t14-/m0/s1. The topological polar surface area (TPSA) is 87.3 Å². The molecule has 1 fully saturated rings. The van der Waals surface area contributed by atoms with Crippen LogP contribution in [0.4, 0.5) is 10.1 Å². The number of aromatic nitrogens is 2. The second-order valence-electron chi connectivity index (χ2n) is 7.90. The van der Waals surface area contributed by atoms with Crippen LogP contribution in [0.15, 0.2) is 30.5 Å². The first-order valence-electron chi connectivity index (χ1n) is 9.70. The van der Waals surface area contributed by atoms with Crippen molar-refractivity contribution in [3.63, 3.8) is 0 Å². The molecular formula is C21H27FN4O3. The molecule has 1 atom stereocenters. The average Bonchev–Trinajstić information content (AvgIpc) is 3.16. The van der Waals surface area contributed by atoms with Gasteiger partial charge in [0, 0.05) is 26.1 Å². The largest absolute Gasteiger partial charge is 0.375 e. The number of anilines is 1. The molecular weight excluding hydrogens is 375 g/mol. The number of aromatic amines is 1. The van der Waals surface area contributed by atoms with Gasteiger partial charge in [0.2, 0.25) is 11.8 Å². The van der Waals surface area contributed by atoms with Crippen molar-refractivity contribution in [2.24, 2.45) is 0 Å². The molecule has 2 aromatic rings. The van der Waals surface area contributed by atoms with Crippen molar-refractivity contribution in [3.8, 4) is 0 Å². The van der Waals surface area contributed by atoms with Crippen LogP contribution in [-0.4, -0.2) is 53.7 Å². The molecule has 3 rings (SSSR count). The summed E-state index contributed by atoms with van der Waals surface area (Å²) in [4.78, 5) is 27.0. The summed E-state index contributed by atoms with van der Waals surface area (Å²) in [6.07, 6.45) is 3.31. The third-order valence-corrected chi connectivity index (χ3v) is 5.44. The lowest BCUT2D eigenvalue weighted by molar-refractivity contribution is -0.137. The van der Waals surface area contributed by atoms with Gasteiger partial charge in [-0.15, -0.1) is 0 Å². The number of halogens is 1. The first-order valence-corrected chi connectivity index (χ1v) is 9.70. The lowest BCUT2D eigenvalue weighted by Gasteiger charge is -2.37. The van der Waals surface area contributed by atoms with E-state index >= 15 is 0 Å². The van der Waals surface area contributed by atoms with E-state index in [1.54, 1.807) is 18.3 Å². The number of carbonyl (C=O) groups is 2. The van der Waals surface area contributed by atoms with E-state index in [0.29, 0.717) is 18.8 Å². The quantitative estimate of drug-likeness (QED) is 0.778. The molecule has 0 spiro atoms. The van der Waals surface area contributed by atoms with Gasteiger partial charge in [0.25, 0.3) is 0 Å². The average molecular weight is 402 g/mol. The van der Waals surface area contributed by atoms with Crippen molar-refractivity contribution < 1.29 is 18.7 Å². The van der Waals surface area contributed by atoms with Crippen molar-refractivity contribution in [2.45, 2.75) is 38.0 Å². The molecule has 0 saturated carbocycles. The minimum absolute atomic E-state index is 0.00158. The molecule has 156 valence electrons. The number of nitrogens with zero attached hydrogens (tertiary/aromatic N) is 2. The fourth-order valence-corrected chi connectivity index (χ4v) is 3.81. The molecule has 0 unspecified atom stereocenters. The lowest BCUT2D eigenvalue weighted by Crippen LogP contribution is -2.47. The third-order valence-electron chi connectivity index (χ3n) is 5.44. The van der Waals surface area contributed by atoms with E-state index in [1.807, 2.05) is 18.7 Å². The molecule has 8 heteroatoms. The Labute approximate surface area is 169 Å². The molecule has 1 aliphatic heterocycles. The van der Waals surface area contributed by atoms with Crippen molar-refractivity contribution >= 4 is 17.5 Å². The van der Waals surface area contributed by atoms with Crippen LogP contribution in [0.3, 0.4) is 0 Å². The predicted molar refractivity (Wildman–Crippen MR) is 107 cm³/mol. The van der Waals surface area contributed by atoms with Gasteiger partial charge in [-0.3, -0.25) is 14.7 Å². The number of ether oxygens (including phenoxy) is 1. The van der Waals surface area contributed by atoms with Crippen LogP contribution in [0.1, 0.15) is 43.9 Å². The number of likely N-dealkylation sites (tertiary alicyclic amines) is 1. The summed E-state index contributed by atoms with van der Waals surface area (Å²) < 4.78 is 18.1. The second kappa shape index (κ2) is 8.73. The second-order valence-corrected chi connectivity index (χ2v) is 7.90. The molecule has 2 heterocycles. The molecule has 1 aromatic heterocycles. The Bertz CT molecular complexity index is 863. The molecule has 29 heavy (non-hydrogen) atoms. The first-order chi connectivity index (χ1) is 13.8. The van der Waals surface area contributed by atoms with Crippen molar-refractivity contribution in [2.75, 3.05) is 32.1 Å². The van der Waals surface area contributed by atoms with E-state index in [9.17, 15) is 14.0 Å². The summed E-state index contributed by atoms with van der Waals surface area (Å²) in [6.45, 7) is 4.88.